The number of piperazine rings is 1. The number of hydrogen-bond donors (Lipinski definition) is 1. The Bertz CT molecular complexity index is 1340. The highest BCUT2D eigenvalue weighted by molar-refractivity contribution is 6.38. The zero-order valence-corrected chi connectivity index (χ0v) is 28.1. The lowest BCUT2D eigenvalue weighted by Gasteiger charge is -2.35. The van der Waals surface area contributed by atoms with Crippen LogP contribution in [0.1, 0.15) is 76.7 Å². The number of rotatable bonds is 15. The second-order valence-corrected chi connectivity index (χ2v) is 13.9. The lowest BCUT2D eigenvalue weighted by atomic mass is 9.76. The van der Waals surface area contributed by atoms with E-state index < -0.39 is 34.9 Å². The Morgan fingerprint density at radius 2 is 1.42 bits per heavy atom. The Morgan fingerprint density at radius 1 is 0.822 bits per heavy atom. The summed E-state index contributed by atoms with van der Waals surface area (Å²) in [5.74, 6) is -3.47. The first-order chi connectivity index (χ1) is 21.2. The van der Waals surface area contributed by atoms with Crippen LogP contribution in [0.4, 0.5) is 5.69 Å². The maximum absolute atomic E-state index is 13.7. The number of nitrogens with zero attached hydrogens (tertiary/aromatic N) is 2. The maximum Gasteiger partial charge on any atom is 0.224 e. The van der Waals surface area contributed by atoms with E-state index in [0.717, 1.165) is 37.4 Å². The van der Waals surface area contributed by atoms with E-state index in [-0.39, 0.29) is 42.7 Å². The van der Waals surface area contributed by atoms with Crippen molar-refractivity contribution in [2.75, 3.05) is 38.1 Å². The molecular weight excluding hydrogens is 566 g/mol. The van der Waals surface area contributed by atoms with Gasteiger partial charge in [0.1, 0.15) is 0 Å². The second-order valence-electron chi connectivity index (χ2n) is 13.9. The molecule has 2 aromatic rings. The number of para-hydroxylation sites is 1. The molecule has 2 aromatic carbocycles. The topological polar surface area (TPSA) is 104 Å². The van der Waals surface area contributed by atoms with Crippen LogP contribution in [0.3, 0.4) is 0 Å². The van der Waals surface area contributed by atoms with Crippen LogP contribution < -0.4 is 10.2 Å². The van der Waals surface area contributed by atoms with E-state index in [1.54, 1.807) is 6.92 Å². The molecule has 0 radical (unpaired) electrons. The molecule has 1 aliphatic rings. The summed E-state index contributed by atoms with van der Waals surface area (Å²) in [6.07, 6.45) is 0.422. The minimum Gasteiger partial charge on any atom is -0.368 e. The van der Waals surface area contributed by atoms with Crippen LogP contribution in [0, 0.1) is 23.2 Å². The van der Waals surface area contributed by atoms with Crippen molar-refractivity contribution >= 4 is 34.7 Å². The van der Waals surface area contributed by atoms with Crippen LogP contribution in [-0.2, 0) is 25.6 Å². The van der Waals surface area contributed by atoms with Gasteiger partial charge < -0.3 is 15.1 Å². The van der Waals surface area contributed by atoms with Crippen LogP contribution in [0.25, 0.3) is 0 Å². The lowest BCUT2D eigenvalue weighted by molar-refractivity contribution is -0.141. The van der Waals surface area contributed by atoms with Crippen molar-refractivity contribution < 1.29 is 24.0 Å². The number of aryl methyl sites for hydroxylation is 1. The third-order valence-electron chi connectivity index (χ3n) is 8.96. The number of carbonyl (C=O) groups is 5. The van der Waals surface area contributed by atoms with Gasteiger partial charge >= 0.3 is 0 Å². The molecule has 1 N–H and O–H groups in total. The summed E-state index contributed by atoms with van der Waals surface area (Å²) >= 11 is 0. The van der Waals surface area contributed by atoms with E-state index in [2.05, 4.69) is 22.2 Å². The number of amides is 1. The summed E-state index contributed by atoms with van der Waals surface area (Å²) < 4.78 is 0. The van der Waals surface area contributed by atoms with E-state index >= 15 is 0 Å². The molecule has 0 saturated carbocycles. The summed E-state index contributed by atoms with van der Waals surface area (Å²) in [5, 5.41) is 2.83. The largest absolute Gasteiger partial charge is 0.368 e. The fourth-order valence-electron chi connectivity index (χ4n) is 5.77. The van der Waals surface area contributed by atoms with E-state index in [1.807, 2.05) is 89.2 Å². The van der Waals surface area contributed by atoms with Gasteiger partial charge in [-0.1, -0.05) is 77.1 Å². The van der Waals surface area contributed by atoms with E-state index in [9.17, 15) is 24.0 Å². The number of carbonyl (C=O) groups excluding carboxylic acids is 5. The molecule has 244 valence electrons. The molecule has 1 saturated heterocycles. The number of hydrogen-bond acceptors (Lipinski definition) is 7. The Morgan fingerprint density at radius 3 is 2.02 bits per heavy atom. The quantitative estimate of drug-likeness (QED) is 0.217. The van der Waals surface area contributed by atoms with Crippen LogP contribution in [0.2, 0.25) is 0 Å². The van der Waals surface area contributed by atoms with E-state index in [1.165, 1.54) is 0 Å². The van der Waals surface area contributed by atoms with Crippen molar-refractivity contribution in [1.29, 1.82) is 0 Å². The molecule has 1 heterocycles. The molecule has 0 spiro atoms. The highest BCUT2D eigenvalue weighted by Gasteiger charge is 2.37. The highest BCUT2D eigenvalue weighted by atomic mass is 16.2. The van der Waals surface area contributed by atoms with Crippen molar-refractivity contribution in [2.24, 2.45) is 23.2 Å². The summed E-state index contributed by atoms with van der Waals surface area (Å²) in [7, 11) is 2.08. The number of Topliss-reactive ketones (excluding diaryl/α,β-unsaturated/α-hetero) is 4. The fourth-order valence-corrected chi connectivity index (χ4v) is 5.77. The Hall–Kier alpha value is -3.65. The zero-order chi connectivity index (χ0) is 33.3. The SMILES string of the molecule is CC(C)[C@H](CC(=O)[C@H](C)NC(=O)[C@@H](CC(=O)c1ccccc1N1CCN(C)CC1)C(C)(C)C)C(=O)C(=O)CCc1ccccc1. The Balaban J connectivity index is 1.65. The van der Waals surface area contributed by atoms with Gasteiger partial charge in [-0.15, -0.1) is 0 Å². The molecule has 0 bridgehead atoms. The number of anilines is 1. The van der Waals surface area contributed by atoms with Crippen LogP contribution in [-0.4, -0.2) is 73.2 Å². The van der Waals surface area contributed by atoms with Gasteiger partial charge in [0.25, 0.3) is 0 Å². The van der Waals surface area contributed by atoms with Crippen LogP contribution in [0.5, 0.6) is 0 Å². The van der Waals surface area contributed by atoms with Gasteiger partial charge in [-0.3, -0.25) is 24.0 Å². The monoisotopic (exact) mass is 617 g/mol. The summed E-state index contributed by atoms with van der Waals surface area (Å²) in [4.78, 5) is 71.0. The first kappa shape index (κ1) is 35.8. The van der Waals surface area contributed by atoms with Gasteiger partial charge in [0.05, 0.1) is 12.0 Å². The first-order valence-corrected chi connectivity index (χ1v) is 16.2. The average molecular weight is 618 g/mol. The van der Waals surface area contributed by atoms with Crippen molar-refractivity contribution in [3.63, 3.8) is 0 Å². The third-order valence-corrected chi connectivity index (χ3v) is 8.96. The van der Waals surface area contributed by atoms with Gasteiger partial charge in [0.2, 0.25) is 11.7 Å². The molecule has 1 fully saturated rings. The van der Waals surface area contributed by atoms with Gasteiger partial charge in [-0.05, 0) is 49.4 Å². The van der Waals surface area contributed by atoms with Crippen molar-refractivity contribution in [3.8, 4) is 0 Å². The third kappa shape index (κ3) is 10.2. The second kappa shape index (κ2) is 16.1. The fraction of sp³-hybridized carbons (Fsp3) is 0.541. The molecule has 3 rings (SSSR count). The summed E-state index contributed by atoms with van der Waals surface area (Å²) in [6, 6.07) is 16.2. The molecule has 0 unspecified atom stereocenters. The molecule has 0 aromatic heterocycles. The summed E-state index contributed by atoms with van der Waals surface area (Å²) in [6.45, 7) is 14.5. The Kier molecular flexibility index (Phi) is 12.8. The number of ketones is 4. The van der Waals surface area contributed by atoms with Gasteiger partial charge in [-0.2, -0.15) is 0 Å². The average Bonchev–Trinajstić information content (AvgIpc) is 3.00. The Labute approximate surface area is 268 Å². The number of nitrogens with one attached hydrogen (secondary N) is 1. The molecule has 1 aliphatic heterocycles. The molecule has 8 nitrogen and oxygen atoms in total. The van der Waals surface area contributed by atoms with E-state index in [0.29, 0.717) is 12.0 Å². The maximum atomic E-state index is 13.7. The minimum absolute atomic E-state index is 0.00399. The van der Waals surface area contributed by atoms with Crippen LogP contribution in [0.15, 0.2) is 54.6 Å². The summed E-state index contributed by atoms with van der Waals surface area (Å²) in [5.41, 5.74) is 1.91. The van der Waals surface area contributed by atoms with Crippen molar-refractivity contribution in [2.45, 2.75) is 73.3 Å². The predicted molar refractivity (Wildman–Crippen MR) is 178 cm³/mol. The zero-order valence-electron chi connectivity index (χ0n) is 28.1. The molecule has 0 aliphatic carbocycles. The molecule has 8 heteroatoms. The van der Waals surface area contributed by atoms with Gasteiger partial charge in [0, 0.05) is 62.6 Å². The minimum atomic E-state index is -0.872. The van der Waals surface area contributed by atoms with Crippen molar-refractivity contribution in [1.82, 2.24) is 10.2 Å². The molecular formula is C37H51N3O5. The smallest absolute Gasteiger partial charge is 0.224 e. The van der Waals surface area contributed by atoms with Crippen molar-refractivity contribution in [3.05, 3.63) is 65.7 Å². The number of benzene rings is 2. The number of likely N-dealkylation sites (N-methyl/N-ethyl adjacent to an activating group) is 1. The van der Waals surface area contributed by atoms with Gasteiger partial charge in [-0.25, -0.2) is 0 Å². The van der Waals surface area contributed by atoms with Gasteiger partial charge in [0.15, 0.2) is 17.3 Å². The molecule has 1 amide bonds. The molecule has 3 atom stereocenters. The highest BCUT2D eigenvalue weighted by Crippen LogP contribution is 2.32. The first-order valence-electron chi connectivity index (χ1n) is 16.2. The van der Waals surface area contributed by atoms with E-state index in [4.69, 9.17) is 0 Å². The predicted octanol–water partition coefficient (Wildman–Crippen LogP) is 5.18. The standard InChI is InChI=1S/C37H51N3O5/c1-25(2)29(35(44)32(41)18-17-27-13-9-8-10-14-27)23-33(42)26(3)38-36(45)30(37(4,5)6)24-34(43)28-15-11-12-16-31(28)40-21-19-39(7)20-22-40/h8-16,25-26,29-30H,17-24H2,1-7H3,(H,38,45)/t26-,29-,30+/m0/s1. The van der Waals surface area contributed by atoms with Crippen LogP contribution >= 0.6 is 0 Å². The normalized spacial score (nSPS) is 16.1. The lowest BCUT2D eigenvalue weighted by Crippen LogP contribution is -2.47. The molecule has 45 heavy (non-hydrogen) atoms.